The maximum absolute atomic E-state index is 6.58. The minimum atomic E-state index is -0.0581. The third kappa shape index (κ3) is 2.67. The van der Waals surface area contributed by atoms with E-state index in [4.69, 9.17) is 21.1 Å². The molecule has 0 N–H and O–H groups in total. The number of methoxy groups -OCH3 is 1. The molecule has 0 fully saturated rings. The molecule has 1 atom stereocenters. The van der Waals surface area contributed by atoms with Crippen molar-refractivity contribution in [3.63, 3.8) is 0 Å². The van der Waals surface area contributed by atoms with Crippen LogP contribution in [0.25, 0.3) is 0 Å². The number of rotatable bonds is 4. The van der Waals surface area contributed by atoms with Crippen LogP contribution >= 0.6 is 11.6 Å². The van der Waals surface area contributed by atoms with Gasteiger partial charge in [0, 0.05) is 0 Å². The summed E-state index contributed by atoms with van der Waals surface area (Å²) < 4.78 is 10.8. The summed E-state index contributed by atoms with van der Waals surface area (Å²) in [6.45, 7) is 1.41. The van der Waals surface area contributed by atoms with Crippen LogP contribution in [-0.4, -0.2) is 7.11 Å². The van der Waals surface area contributed by atoms with Crippen molar-refractivity contribution in [3.8, 4) is 5.75 Å². The molecular formula is C17H17ClO2. The van der Waals surface area contributed by atoms with Crippen molar-refractivity contribution < 1.29 is 9.47 Å². The number of ether oxygens (including phenoxy) is 2. The van der Waals surface area contributed by atoms with Crippen LogP contribution in [0.5, 0.6) is 5.75 Å². The lowest BCUT2D eigenvalue weighted by atomic mass is 9.99. The summed E-state index contributed by atoms with van der Waals surface area (Å²) in [6, 6.07) is 14.4. The highest BCUT2D eigenvalue weighted by molar-refractivity contribution is 6.21. The molecule has 20 heavy (non-hydrogen) atoms. The van der Waals surface area contributed by atoms with Gasteiger partial charge in [-0.25, -0.2) is 0 Å². The molecule has 0 amide bonds. The molecule has 1 aliphatic heterocycles. The van der Waals surface area contributed by atoms with Crippen LogP contribution in [0.3, 0.4) is 0 Å². The van der Waals surface area contributed by atoms with Crippen molar-refractivity contribution in [2.75, 3.05) is 7.11 Å². The quantitative estimate of drug-likeness (QED) is 0.783. The second kappa shape index (κ2) is 5.86. The van der Waals surface area contributed by atoms with Crippen molar-refractivity contribution in [2.24, 2.45) is 0 Å². The Kier molecular flexibility index (Phi) is 3.95. The molecule has 1 heterocycles. The summed E-state index contributed by atoms with van der Waals surface area (Å²) in [5.41, 5.74) is 4.80. The molecule has 1 unspecified atom stereocenters. The van der Waals surface area contributed by atoms with Gasteiger partial charge >= 0.3 is 0 Å². The molecule has 104 valence electrons. The zero-order chi connectivity index (χ0) is 13.9. The molecule has 0 saturated carbocycles. The Labute approximate surface area is 124 Å². The van der Waals surface area contributed by atoms with Crippen LogP contribution in [0.1, 0.15) is 27.6 Å². The van der Waals surface area contributed by atoms with Gasteiger partial charge in [-0.3, -0.25) is 0 Å². The van der Waals surface area contributed by atoms with Gasteiger partial charge in [0.2, 0.25) is 0 Å². The molecule has 0 saturated heterocycles. The fraction of sp³-hybridized carbons (Fsp3) is 0.294. The average molecular weight is 289 g/mol. The highest BCUT2D eigenvalue weighted by Crippen LogP contribution is 2.31. The lowest BCUT2D eigenvalue weighted by Crippen LogP contribution is -1.99. The maximum atomic E-state index is 6.58. The molecule has 0 bridgehead atoms. The summed E-state index contributed by atoms with van der Waals surface area (Å²) in [5, 5.41) is -0.0581. The van der Waals surface area contributed by atoms with E-state index in [2.05, 4.69) is 24.3 Å². The molecule has 0 radical (unpaired) electrons. The van der Waals surface area contributed by atoms with Gasteiger partial charge in [0.25, 0.3) is 0 Å². The van der Waals surface area contributed by atoms with Crippen LogP contribution in [-0.2, 0) is 24.4 Å². The maximum Gasteiger partial charge on any atom is 0.122 e. The first-order valence-electron chi connectivity index (χ1n) is 6.73. The lowest BCUT2D eigenvalue weighted by molar-refractivity contribution is 0.134. The molecule has 2 nitrogen and oxygen atoms in total. The zero-order valence-electron chi connectivity index (χ0n) is 11.4. The summed E-state index contributed by atoms with van der Waals surface area (Å²) in [5.74, 6) is 0.891. The zero-order valence-corrected chi connectivity index (χ0v) is 12.2. The van der Waals surface area contributed by atoms with E-state index < -0.39 is 0 Å². The molecule has 3 heteroatoms. The molecular weight excluding hydrogens is 272 g/mol. The Balaban J connectivity index is 1.81. The van der Waals surface area contributed by atoms with Crippen LogP contribution in [0.15, 0.2) is 42.5 Å². The lowest BCUT2D eigenvalue weighted by Gasteiger charge is -2.13. The molecule has 2 aromatic carbocycles. The van der Waals surface area contributed by atoms with E-state index in [1.165, 1.54) is 11.1 Å². The van der Waals surface area contributed by atoms with Gasteiger partial charge in [-0.2, -0.15) is 0 Å². The summed E-state index contributed by atoms with van der Waals surface area (Å²) >= 11 is 6.58. The summed E-state index contributed by atoms with van der Waals surface area (Å²) in [6.07, 6.45) is 0.755. The largest absolute Gasteiger partial charge is 0.496 e. The SMILES string of the molecule is COc1ccccc1CC(Cl)c1ccc2c(c1)COC2. The highest BCUT2D eigenvalue weighted by atomic mass is 35.5. The fourth-order valence-electron chi connectivity index (χ4n) is 2.57. The van der Waals surface area contributed by atoms with Crippen molar-refractivity contribution in [1.29, 1.82) is 0 Å². The second-order valence-electron chi connectivity index (χ2n) is 5.00. The predicted molar refractivity (Wildman–Crippen MR) is 80.2 cm³/mol. The van der Waals surface area contributed by atoms with E-state index in [1.807, 2.05) is 18.2 Å². The molecule has 2 aromatic rings. The van der Waals surface area contributed by atoms with Gasteiger partial charge in [-0.15, -0.1) is 11.6 Å². The Morgan fingerprint density at radius 2 is 1.95 bits per heavy atom. The molecule has 0 spiro atoms. The summed E-state index contributed by atoms with van der Waals surface area (Å²) in [7, 11) is 1.69. The summed E-state index contributed by atoms with van der Waals surface area (Å²) in [4.78, 5) is 0. The van der Waals surface area contributed by atoms with Crippen molar-refractivity contribution in [3.05, 3.63) is 64.7 Å². The van der Waals surface area contributed by atoms with E-state index in [0.717, 1.165) is 29.9 Å². The van der Waals surface area contributed by atoms with Crippen LogP contribution in [0, 0.1) is 0 Å². The molecule has 0 aliphatic carbocycles. The van der Waals surface area contributed by atoms with Gasteiger partial charge in [0.05, 0.1) is 25.7 Å². The van der Waals surface area contributed by atoms with E-state index in [-0.39, 0.29) is 5.38 Å². The van der Waals surface area contributed by atoms with Crippen LogP contribution < -0.4 is 4.74 Å². The van der Waals surface area contributed by atoms with Crippen LogP contribution in [0.2, 0.25) is 0 Å². The first kappa shape index (κ1) is 13.5. The van der Waals surface area contributed by atoms with E-state index in [1.54, 1.807) is 7.11 Å². The number of benzene rings is 2. The first-order valence-corrected chi connectivity index (χ1v) is 7.17. The third-order valence-corrected chi connectivity index (χ3v) is 4.11. The Hall–Kier alpha value is -1.51. The Bertz CT molecular complexity index is 610. The number of hydrogen-bond donors (Lipinski definition) is 0. The standard InChI is InChI=1S/C17H17ClO2/c1-19-17-5-3-2-4-13(17)9-16(18)12-6-7-14-10-20-11-15(14)8-12/h2-8,16H,9-11H2,1H3. The molecule has 3 rings (SSSR count). The average Bonchev–Trinajstić information content (AvgIpc) is 2.95. The first-order chi connectivity index (χ1) is 9.78. The molecule has 1 aliphatic rings. The minimum Gasteiger partial charge on any atom is -0.496 e. The smallest absolute Gasteiger partial charge is 0.122 e. The van der Waals surface area contributed by atoms with Crippen molar-refractivity contribution in [1.82, 2.24) is 0 Å². The number of hydrogen-bond acceptors (Lipinski definition) is 2. The normalized spacial score (nSPS) is 14.9. The van der Waals surface area contributed by atoms with Gasteiger partial charge in [-0.1, -0.05) is 36.4 Å². The van der Waals surface area contributed by atoms with Gasteiger partial charge in [-0.05, 0) is 34.7 Å². The van der Waals surface area contributed by atoms with Crippen molar-refractivity contribution in [2.45, 2.75) is 25.0 Å². The monoisotopic (exact) mass is 288 g/mol. The van der Waals surface area contributed by atoms with Gasteiger partial charge in [0.1, 0.15) is 5.75 Å². The Morgan fingerprint density at radius 3 is 2.80 bits per heavy atom. The second-order valence-corrected chi connectivity index (χ2v) is 5.53. The fourth-order valence-corrected chi connectivity index (χ4v) is 2.87. The van der Waals surface area contributed by atoms with Gasteiger partial charge in [0.15, 0.2) is 0 Å². The number of halogens is 1. The van der Waals surface area contributed by atoms with Crippen molar-refractivity contribution >= 4 is 11.6 Å². The molecule has 0 aromatic heterocycles. The van der Waals surface area contributed by atoms with Gasteiger partial charge < -0.3 is 9.47 Å². The van der Waals surface area contributed by atoms with E-state index in [9.17, 15) is 0 Å². The van der Waals surface area contributed by atoms with Crippen LogP contribution in [0.4, 0.5) is 0 Å². The number of fused-ring (bicyclic) bond motifs is 1. The predicted octanol–water partition coefficient (Wildman–Crippen LogP) is 4.25. The number of alkyl halides is 1. The topological polar surface area (TPSA) is 18.5 Å². The minimum absolute atomic E-state index is 0.0581. The van der Waals surface area contributed by atoms with E-state index >= 15 is 0 Å². The third-order valence-electron chi connectivity index (χ3n) is 3.70. The van der Waals surface area contributed by atoms with E-state index in [0.29, 0.717) is 6.61 Å². The Morgan fingerprint density at radius 1 is 1.15 bits per heavy atom. The number of para-hydroxylation sites is 1. The highest BCUT2D eigenvalue weighted by Gasteiger charge is 2.16.